The van der Waals surface area contributed by atoms with Gasteiger partial charge in [-0.3, -0.25) is 18.5 Å². The Balaban J connectivity index is 1.62. The Bertz CT molecular complexity index is 737. The third kappa shape index (κ3) is 4.96. The highest BCUT2D eigenvalue weighted by molar-refractivity contribution is 7.89. The average molecular weight is 408 g/mol. The molecular formula is C14H20N2O10S. The van der Waals surface area contributed by atoms with E-state index in [1.54, 1.807) is 13.8 Å². The topological polar surface area (TPSA) is 140 Å². The maximum atomic E-state index is 12.1. The lowest BCUT2D eigenvalue weighted by molar-refractivity contribution is -0.434. The first-order chi connectivity index (χ1) is 12.9. The van der Waals surface area contributed by atoms with E-state index < -0.39 is 41.6 Å². The molecule has 0 saturated carbocycles. The zero-order valence-electron chi connectivity index (χ0n) is 14.6. The highest BCUT2D eigenvalue weighted by Crippen LogP contribution is 2.42. The first-order valence-corrected chi connectivity index (χ1v) is 8.74. The van der Waals surface area contributed by atoms with E-state index in [4.69, 9.17) is 28.4 Å². The van der Waals surface area contributed by atoms with E-state index >= 15 is 0 Å². The van der Waals surface area contributed by atoms with E-state index in [1.165, 1.54) is 16.8 Å². The van der Waals surface area contributed by atoms with Gasteiger partial charge in [-0.25, -0.2) is 10.1 Å². The molecule has 2 aliphatic heterocycles. The first kappa shape index (κ1) is 20.4. The molecule has 0 amide bonds. The van der Waals surface area contributed by atoms with Gasteiger partial charge in [0, 0.05) is 12.3 Å². The van der Waals surface area contributed by atoms with Crippen molar-refractivity contribution in [3.8, 4) is 0 Å². The van der Waals surface area contributed by atoms with Crippen molar-refractivity contribution in [3.05, 3.63) is 33.1 Å². The van der Waals surface area contributed by atoms with Crippen LogP contribution in [0.5, 0.6) is 0 Å². The van der Waals surface area contributed by atoms with Crippen molar-refractivity contribution < 1.29 is 37.8 Å². The van der Waals surface area contributed by atoms with E-state index in [1.807, 2.05) is 0 Å². The van der Waals surface area contributed by atoms with Crippen molar-refractivity contribution in [2.45, 2.75) is 44.2 Å². The number of rotatable bonds is 9. The van der Waals surface area contributed by atoms with Gasteiger partial charge in [0.15, 0.2) is 24.3 Å². The van der Waals surface area contributed by atoms with Crippen molar-refractivity contribution in [2.75, 3.05) is 19.8 Å². The Hall–Kier alpha value is -1.29. The number of H-pyrrole nitrogens is 1. The third-order valence-electron chi connectivity index (χ3n) is 3.95. The fourth-order valence-electron chi connectivity index (χ4n) is 3.00. The molecule has 0 bridgehead atoms. The van der Waals surface area contributed by atoms with Gasteiger partial charge in [-0.1, -0.05) is 5.04 Å². The van der Waals surface area contributed by atoms with Gasteiger partial charge in [-0.05, 0) is 13.8 Å². The largest absolute Gasteiger partial charge is 0.376 e. The summed E-state index contributed by atoms with van der Waals surface area (Å²) in [5.74, 6) is -0.844. The number of fused-ring (bicyclic) bond motifs is 1. The quantitative estimate of drug-likeness (QED) is 0.246. The van der Waals surface area contributed by atoms with E-state index in [9.17, 15) is 9.59 Å². The molecule has 0 radical (unpaired) electrons. The van der Waals surface area contributed by atoms with Crippen molar-refractivity contribution in [2.24, 2.45) is 0 Å². The van der Waals surface area contributed by atoms with Crippen LogP contribution in [-0.2, 0) is 32.5 Å². The molecule has 3 rings (SSSR count). The van der Waals surface area contributed by atoms with Crippen LogP contribution in [0, 0.1) is 0 Å². The van der Waals surface area contributed by atoms with Gasteiger partial charge in [-0.15, -0.1) is 4.33 Å². The molecule has 1 unspecified atom stereocenters. The molecule has 2 N–H and O–H groups in total. The second kappa shape index (κ2) is 8.81. The summed E-state index contributed by atoms with van der Waals surface area (Å²) in [5.41, 5.74) is -1.10. The molecule has 0 aliphatic carbocycles. The summed E-state index contributed by atoms with van der Waals surface area (Å²) < 4.78 is 33.4. The molecule has 2 aliphatic rings. The third-order valence-corrected chi connectivity index (χ3v) is 4.33. The van der Waals surface area contributed by atoms with Crippen LogP contribution in [0.2, 0.25) is 0 Å². The Morgan fingerprint density at radius 2 is 2.07 bits per heavy atom. The van der Waals surface area contributed by atoms with Crippen molar-refractivity contribution in [1.82, 2.24) is 9.55 Å². The zero-order valence-corrected chi connectivity index (χ0v) is 15.4. The van der Waals surface area contributed by atoms with Gasteiger partial charge in [0.25, 0.3) is 5.56 Å². The summed E-state index contributed by atoms with van der Waals surface area (Å²) in [6.07, 6.45) is -0.902. The minimum Gasteiger partial charge on any atom is -0.376 e. The number of aromatic amines is 1. The molecule has 152 valence electrons. The standard InChI is InChI=1S/C14H20N2O10S/c1-14(2)23-10-8(7-20-5-6-21-27-26-25-19)22-12(11(10)24-14)16-4-3-9(17)15-13(16)18/h3-4,8,10-12,19H,5-7H2,1-2H3,(H,15,17,18)/t8-,10?,11+,12-/m1/s1. The lowest BCUT2D eigenvalue weighted by Crippen LogP contribution is -2.37. The lowest BCUT2D eigenvalue weighted by atomic mass is 10.1. The Labute approximate surface area is 157 Å². The second-order valence-electron chi connectivity index (χ2n) is 6.25. The van der Waals surface area contributed by atoms with Crippen LogP contribution < -0.4 is 11.2 Å². The van der Waals surface area contributed by atoms with Gasteiger partial charge in [0.1, 0.15) is 18.3 Å². The molecule has 4 atom stereocenters. The maximum Gasteiger partial charge on any atom is 0.330 e. The van der Waals surface area contributed by atoms with E-state index in [0.29, 0.717) is 12.3 Å². The van der Waals surface area contributed by atoms with Gasteiger partial charge in [-0.2, -0.15) is 0 Å². The van der Waals surface area contributed by atoms with Crippen LogP contribution in [0.25, 0.3) is 0 Å². The van der Waals surface area contributed by atoms with Crippen molar-refractivity contribution in [1.29, 1.82) is 0 Å². The Morgan fingerprint density at radius 1 is 1.30 bits per heavy atom. The highest BCUT2D eigenvalue weighted by atomic mass is 32.2. The molecule has 12 nitrogen and oxygen atoms in total. The van der Waals surface area contributed by atoms with E-state index in [2.05, 4.69) is 14.4 Å². The molecule has 0 aromatic carbocycles. The smallest absolute Gasteiger partial charge is 0.330 e. The second-order valence-corrected chi connectivity index (χ2v) is 6.76. The van der Waals surface area contributed by atoms with Crippen molar-refractivity contribution in [3.63, 3.8) is 0 Å². The maximum absolute atomic E-state index is 12.1. The van der Waals surface area contributed by atoms with Crippen LogP contribution in [-0.4, -0.2) is 58.7 Å². The molecule has 27 heavy (non-hydrogen) atoms. The molecule has 13 heteroatoms. The molecule has 2 fully saturated rings. The SMILES string of the molecule is CC1(C)OC2[C@@H](COCCOSOOO)O[C@@H](n3ccc(=O)[nH]c3=O)[C@H]2O1. The predicted molar refractivity (Wildman–Crippen MR) is 88.2 cm³/mol. The first-order valence-electron chi connectivity index (χ1n) is 8.08. The summed E-state index contributed by atoms with van der Waals surface area (Å²) in [5, 5.41) is 11.3. The number of ether oxygens (including phenoxy) is 4. The summed E-state index contributed by atoms with van der Waals surface area (Å²) >= 11 is 0.456. The predicted octanol–water partition coefficient (Wildman–Crippen LogP) is -0.0283. The van der Waals surface area contributed by atoms with Crippen LogP contribution >= 0.6 is 12.3 Å². The average Bonchev–Trinajstić information content (AvgIpc) is 3.08. The van der Waals surface area contributed by atoms with Crippen LogP contribution in [0.3, 0.4) is 0 Å². The van der Waals surface area contributed by atoms with Gasteiger partial charge in [0.2, 0.25) is 0 Å². The van der Waals surface area contributed by atoms with Gasteiger partial charge >= 0.3 is 5.69 Å². The fourth-order valence-corrected chi connectivity index (χ4v) is 3.20. The summed E-state index contributed by atoms with van der Waals surface area (Å²) in [4.78, 5) is 25.6. The minimum absolute atomic E-state index is 0.167. The zero-order chi connectivity index (χ0) is 19.4. The van der Waals surface area contributed by atoms with E-state index in [-0.39, 0.29) is 19.8 Å². The number of hydrogen-bond acceptors (Lipinski definition) is 11. The minimum atomic E-state index is -0.844. The van der Waals surface area contributed by atoms with Crippen LogP contribution in [0.4, 0.5) is 0 Å². The molecular weight excluding hydrogens is 388 g/mol. The fraction of sp³-hybridized carbons (Fsp3) is 0.714. The molecule has 0 spiro atoms. The molecule has 1 aromatic heterocycles. The number of hydrogen-bond donors (Lipinski definition) is 2. The number of nitrogens with zero attached hydrogens (tertiary/aromatic N) is 1. The Kier molecular flexibility index (Phi) is 6.67. The van der Waals surface area contributed by atoms with Crippen LogP contribution in [0.15, 0.2) is 21.9 Å². The Morgan fingerprint density at radius 3 is 2.81 bits per heavy atom. The molecule has 3 heterocycles. The normalized spacial score (nSPS) is 29.1. The molecule has 2 saturated heterocycles. The number of nitrogens with one attached hydrogen (secondary N) is 1. The highest BCUT2D eigenvalue weighted by Gasteiger charge is 2.56. The summed E-state index contributed by atoms with van der Waals surface area (Å²) in [6.45, 7) is 4.09. The molecule has 1 aromatic rings. The van der Waals surface area contributed by atoms with Gasteiger partial charge < -0.3 is 18.9 Å². The van der Waals surface area contributed by atoms with Crippen molar-refractivity contribution >= 4 is 12.3 Å². The monoisotopic (exact) mass is 408 g/mol. The summed E-state index contributed by atoms with van der Waals surface area (Å²) in [7, 11) is 0. The summed E-state index contributed by atoms with van der Waals surface area (Å²) in [6, 6.07) is 1.23. The van der Waals surface area contributed by atoms with E-state index in [0.717, 1.165) is 0 Å². The lowest BCUT2D eigenvalue weighted by Gasteiger charge is -2.24. The number of aromatic nitrogens is 2. The van der Waals surface area contributed by atoms with Gasteiger partial charge in [0.05, 0.1) is 19.8 Å². The van der Waals surface area contributed by atoms with Crippen LogP contribution in [0.1, 0.15) is 20.1 Å².